The summed E-state index contributed by atoms with van der Waals surface area (Å²) in [5, 5.41) is 8.68. The van der Waals surface area contributed by atoms with Crippen molar-refractivity contribution in [3.8, 4) is 11.5 Å². The topological polar surface area (TPSA) is 46.5 Å². The Morgan fingerprint density at radius 3 is 2.26 bits per heavy atom. The Hall–Kier alpha value is -1.95. The number of carbonyl (C=O) groups is 1. The van der Waals surface area contributed by atoms with Gasteiger partial charge in [0.15, 0.2) is 17.4 Å². The van der Waals surface area contributed by atoms with E-state index in [0.29, 0.717) is 16.6 Å². The van der Waals surface area contributed by atoms with Crippen molar-refractivity contribution in [2.24, 2.45) is 0 Å². The monoisotopic (exact) mass is 328 g/mol. The van der Waals surface area contributed by atoms with Gasteiger partial charge in [-0.3, -0.25) is 0 Å². The minimum atomic E-state index is -1.41. The Kier molecular flexibility index (Phi) is 3.80. The van der Waals surface area contributed by atoms with Gasteiger partial charge in [-0.05, 0) is 40.2 Å². The van der Waals surface area contributed by atoms with Crippen LogP contribution < -0.4 is 4.74 Å². The van der Waals surface area contributed by atoms with Crippen molar-refractivity contribution >= 4 is 21.9 Å². The molecule has 0 heterocycles. The molecular weight excluding hydrogens is 322 g/mol. The summed E-state index contributed by atoms with van der Waals surface area (Å²) in [6.07, 6.45) is 0. The minimum absolute atomic E-state index is 0.225. The van der Waals surface area contributed by atoms with E-state index in [1.54, 1.807) is 18.2 Å². The molecule has 0 unspecified atom stereocenters. The van der Waals surface area contributed by atoms with E-state index >= 15 is 0 Å². The Morgan fingerprint density at radius 2 is 1.74 bits per heavy atom. The maximum Gasteiger partial charge on any atom is 0.335 e. The highest BCUT2D eigenvalue weighted by Crippen LogP contribution is 2.32. The SMILES string of the molecule is O=C(O)c1cc(F)c(Oc2ccccc2Br)c(F)c1. The number of halogens is 3. The van der Waals surface area contributed by atoms with Gasteiger partial charge < -0.3 is 9.84 Å². The molecule has 0 aromatic heterocycles. The highest BCUT2D eigenvalue weighted by atomic mass is 79.9. The molecule has 2 aromatic carbocycles. The standard InChI is InChI=1S/C13H7BrF2O3/c14-8-3-1-2-4-11(8)19-12-9(15)5-7(13(17)18)6-10(12)16/h1-6H,(H,17,18). The van der Waals surface area contributed by atoms with Crippen LogP contribution in [0.25, 0.3) is 0 Å². The maximum absolute atomic E-state index is 13.6. The summed E-state index contributed by atoms with van der Waals surface area (Å²) in [4.78, 5) is 10.6. The van der Waals surface area contributed by atoms with E-state index in [2.05, 4.69) is 15.9 Å². The normalized spacial score (nSPS) is 10.3. The van der Waals surface area contributed by atoms with Gasteiger partial charge in [-0.2, -0.15) is 0 Å². The molecule has 1 N–H and O–H groups in total. The lowest BCUT2D eigenvalue weighted by molar-refractivity contribution is 0.0695. The summed E-state index contributed by atoms with van der Waals surface area (Å²) >= 11 is 3.18. The zero-order chi connectivity index (χ0) is 14.0. The summed E-state index contributed by atoms with van der Waals surface area (Å²) in [5.41, 5.74) is -0.477. The van der Waals surface area contributed by atoms with Gasteiger partial charge in [-0.25, -0.2) is 13.6 Å². The molecule has 0 amide bonds. The zero-order valence-corrected chi connectivity index (χ0v) is 10.9. The third kappa shape index (κ3) is 2.90. The molecule has 0 atom stereocenters. The van der Waals surface area contributed by atoms with Gasteiger partial charge in [0.05, 0.1) is 10.0 Å². The van der Waals surface area contributed by atoms with Crippen LogP contribution in [-0.2, 0) is 0 Å². The molecule has 19 heavy (non-hydrogen) atoms. The van der Waals surface area contributed by atoms with E-state index in [-0.39, 0.29) is 5.75 Å². The lowest BCUT2D eigenvalue weighted by Crippen LogP contribution is -2.01. The second kappa shape index (κ2) is 5.36. The second-order valence-corrected chi connectivity index (χ2v) is 4.46. The van der Waals surface area contributed by atoms with E-state index < -0.39 is 28.9 Å². The fraction of sp³-hybridized carbons (Fsp3) is 0. The lowest BCUT2D eigenvalue weighted by atomic mass is 10.2. The van der Waals surface area contributed by atoms with Gasteiger partial charge in [-0.15, -0.1) is 0 Å². The van der Waals surface area contributed by atoms with Gasteiger partial charge in [-0.1, -0.05) is 12.1 Å². The largest absolute Gasteiger partial charge is 0.478 e. The van der Waals surface area contributed by atoms with Gasteiger partial charge in [0.25, 0.3) is 0 Å². The van der Waals surface area contributed by atoms with E-state index in [9.17, 15) is 13.6 Å². The highest BCUT2D eigenvalue weighted by molar-refractivity contribution is 9.10. The fourth-order valence-electron chi connectivity index (χ4n) is 1.42. The van der Waals surface area contributed by atoms with Crippen molar-refractivity contribution in [3.05, 3.63) is 58.1 Å². The summed E-state index contributed by atoms with van der Waals surface area (Å²) in [5.74, 6) is -3.98. The Morgan fingerprint density at radius 1 is 1.16 bits per heavy atom. The average Bonchev–Trinajstić information content (AvgIpc) is 2.35. The fourth-order valence-corrected chi connectivity index (χ4v) is 1.78. The van der Waals surface area contributed by atoms with E-state index in [0.717, 1.165) is 0 Å². The van der Waals surface area contributed by atoms with Crippen molar-refractivity contribution < 1.29 is 23.4 Å². The third-order valence-corrected chi connectivity index (χ3v) is 2.95. The van der Waals surface area contributed by atoms with Crippen LogP contribution in [-0.4, -0.2) is 11.1 Å². The van der Waals surface area contributed by atoms with Gasteiger partial charge >= 0.3 is 5.97 Å². The van der Waals surface area contributed by atoms with Crippen molar-refractivity contribution in [3.63, 3.8) is 0 Å². The summed E-state index contributed by atoms with van der Waals surface area (Å²) in [6, 6.07) is 7.94. The van der Waals surface area contributed by atoms with E-state index in [1.165, 1.54) is 6.07 Å². The first kappa shape index (κ1) is 13.5. The predicted octanol–water partition coefficient (Wildman–Crippen LogP) is 4.22. The molecule has 0 fully saturated rings. The molecule has 0 spiro atoms. The maximum atomic E-state index is 13.6. The highest BCUT2D eigenvalue weighted by Gasteiger charge is 2.17. The van der Waals surface area contributed by atoms with Crippen molar-refractivity contribution in [1.82, 2.24) is 0 Å². The molecule has 6 heteroatoms. The number of carboxylic acid groups (broad SMARTS) is 1. The number of para-hydroxylation sites is 1. The average molecular weight is 329 g/mol. The van der Waals surface area contributed by atoms with Crippen LogP contribution in [0.4, 0.5) is 8.78 Å². The number of aromatic carboxylic acids is 1. The summed E-state index contributed by atoms with van der Waals surface area (Å²) < 4.78 is 32.9. The quantitative estimate of drug-likeness (QED) is 0.917. The first-order valence-corrected chi connectivity index (χ1v) is 5.93. The van der Waals surface area contributed by atoms with Crippen LogP contribution in [0.1, 0.15) is 10.4 Å². The summed E-state index contributed by atoms with van der Waals surface area (Å²) in [6.45, 7) is 0. The summed E-state index contributed by atoms with van der Waals surface area (Å²) in [7, 11) is 0. The molecule has 0 aliphatic carbocycles. The van der Waals surface area contributed by atoms with Crippen LogP contribution in [0.2, 0.25) is 0 Å². The van der Waals surface area contributed by atoms with Crippen LogP contribution in [0, 0.1) is 11.6 Å². The molecule has 2 rings (SSSR count). The molecule has 0 bridgehead atoms. The first-order chi connectivity index (χ1) is 8.99. The smallest absolute Gasteiger partial charge is 0.335 e. The number of ether oxygens (including phenoxy) is 1. The predicted molar refractivity (Wildman–Crippen MR) is 67.5 cm³/mol. The minimum Gasteiger partial charge on any atom is -0.478 e. The van der Waals surface area contributed by atoms with E-state index in [4.69, 9.17) is 9.84 Å². The Labute approximate surface area is 115 Å². The molecule has 98 valence electrons. The van der Waals surface area contributed by atoms with Crippen LogP contribution in [0.3, 0.4) is 0 Å². The van der Waals surface area contributed by atoms with Crippen molar-refractivity contribution in [2.75, 3.05) is 0 Å². The first-order valence-electron chi connectivity index (χ1n) is 5.13. The third-order valence-electron chi connectivity index (χ3n) is 2.29. The molecule has 0 aliphatic rings. The molecule has 0 saturated heterocycles. The number of hydrogen-bond donors (Lipinski definition) is 1. The molecule has 0 aliphatic heterocycles. The molecule has 0 saturated carbocycles. The van der Waals surface area contributed by atoms with E-state index in [1.807, 2.05) is 0 Å². The van der Waals surface area contributed by atoms with Crippen LogP contribution in [0.5, 0.6) is 11.5 Å². The molecule has 0 radical (unpaired) electrons. The van der Waals surface area contributed by atoms with Gasteiger partial charge in [0, 0.05) is 0 Å². The molecule has 2 aromatic rings. The lowest BCUT2D eigenvalue weighted by Gasteiger charge is -2.10. The number of rotatable bonds is 3. The van der Waals surface area contributed by atoms with Crippen molar-refractivity contribution in [2.45, 2.75) is 0 Å². The van der Waals surface area contributed by atoms with Crippen LogP contribution >= 0.6 is 15.9 Å². The Bertz CT molecular complexity index is 621. The number of benzene rings is 2. The molecule has 3 nitrogen and oxygen atoms in total. The van der Waals surface area contributed by atoms with Crippen LogP contribution in [0.15, 0.2) is 40.9 Å². The van der Waals surface area contributed by atoms with Crippen molar-refractivity contribution in [1.29, 1.82) is 0 Å². The number of carboxylic acids is 1. The molecular formula is C13H7BrF2O3. The second-order valence-electron chi connectivity index (χ2n) is 3.61. The Balaban J connectivity index is 2.42. The van der Waals surface area contributed by atoms with Gasteiger partial charge in [0.2, 0.25) is 0 Å². The zero-order valence-electron chi connectivity index (χ0n) is 9.36. The number of hydrogen-bond acceptors (Lipinski definition) is 2. The van der Waals surface area contributed by atoms with Gasteiger partial charge in [0.1, 0.15) is 5.75 Å².